The first-order chi connectivity index (χ1) is 9.77. The molecule has 0 aromatic heterocycles. The van der Waals surface area contributed by atoms with E-state index in [0.29, 0.717) is 0 Å². The zero-order valence-electron chi connectivity index (χ0n) is 12.3. The molecule has 0 saturated carbocycles. The van der Waals surface area contributed by atoms with E-state index in [9.17, 15) is 0 Å². The number of nitrogens with zero attached hydrogens (tertiary/aromatic N) is 1. The molecule has 0 spiro atoms. The highest BCUT2D eigenvalue weighted by molar-refractivity contribution is 8.03. The van der Waals surface area contributed by atoms with Gasteiger partial charge in [0.2, 0.25) is 0 Å². The number of para-hydroxylation sites is 1. The molecular weight excluding hydrogens is 262 g/mol. The molecule has 104 valence electrons. The number of benzene rings is 1. The summed E-state index contributed by atoms with van der Waals surface area (Å²) >= 11 is 1.86. The van der Waals surface area contributed by atoms with E-state index in [1.165, 1.54) is 21.2 Å². The molecule has 2 rings (SSSR count). The van der Waals surface area contributed by atoms with Crippen LogP contribution in [0.3, 0.4) is 0 Å². The Morgan fingerprint density at radius 2 is 1.95 bits per heavy atom. The predicted molar refractivity (Wildman–Crippen MR) is 91.1 cm³/mol. The van der Waals surface area contributed by atoms with Crippen LogP contribution in [-0.2, 0) is 0 Å². The van der Waals surface area contributed by atoms with E-state index >= 15 is 0 Å². The van der Waals surface area contributed by atoms with Gasteiger partial charge in [-0.1, -0.05) is 60.4 Å². The molecule has 0 bridgehead atoms. The van der Waals surface area contributed by atoms with Gasteiger partial charge in [-0.3, -0.25) is 0 Å². The van der Waals surface area contributed by atoms with Gasteiger partial charge in [-0.15, -0.1) is 0 Å². The maximum Gasteiger partial charge on any atom is 0.0550 e. The third kappa shape index (κ3) is 3.26. The van der Waals surface area contributed by atoms with Crippen LogP contribution in [0.1, 0.15) is 20.3 Å². The molecule has 1 aromatic carbocycles. The fraction of sp³-hybridized carbons (Fsp3) is 0.222. The molecule has 2 heteroatoms. The van der Waals surface area contributed by atoms with Crippen molar-refractivity contribution in [2.45, 2.75) is 25.2 Å². The molecule has 0 fully saturated rings. The minimum absolute atomic E-state index is 0.958. The second-order valence-corrected chi connectivity index (χ2v) is 5.64. The Balaban J connectivity index is 2.24. The largest absolute Gasteiger partial charge is 0.343 e. The number of likely N-dealkylation sites (N-methyl/N-ethyl adjacent to an activating group) is 1. The molecule has 0 aliphatic carbocycles. The summed E-state index contributed by atoms with van der Waals surface area (Å²) in [5.74, 6) is 0. The van der Waals surface area contributed by atoms with Crippen molar-refractivity contribution in [3.05, 3.63) is 71.3 Å². The SMILES string of the molecule is C/C=C\C=C/C/C=C1/Sc2ccccc2N(C)/C1=C/C. The summed E-state index contributed by atoms with van der Waals surface area (Å²) < 4.78 is 0. The monoisotopic (exact) mass is 283 g/mol. The molecule has 0 amide bonds. The Kier molecular flexibility index (Phi) is 5.31. The molecule has 0 radical (unpaired) electrons. The van der Waals surface area contributed by atoms with Crippen molar-refractivity contribution in [1.29, 1.82) is 0 Å². The van der Waals surface area contributed by atoms with Crippen molar-refractivity contribution in [2.24, 2.45) is 0 Å². The Morgan fingerprint density at radius 3 is 2.70 bits per heavy atom. The topological polar surface area (TPSA) is 3.24 Å². The summed E-state index contributed by atoms with van der Waals surface area (Å²) in [6.45, 7) is 4.13. The minimum Gasteiger partial charge on any atom is -0.343 e. The zero-order chi connectivity index (χ0) is 14.4. The van der Waals surface area contributed by atoms with Gasteiger partial charge in [-0.25, -0.2) is 0 Å². The standard InChI is InChI=1S/C18H21NS/c1-4-6-7-8-9-13-17-15(5-2)19(3)16-12-10-11-14-18(16)20-17/h4-8,10-14H,9H2,1-3H3/b6-4-,8-7-,15-5+,17-13+. The van der Waals surface area contributed by atoms with Gasteiger partial charge >= 0.3 is 0 Å². The molecule has 1 aliphatic heterocycles. The summed E-state index contributed by atoms with van der Waals surface area (Å²) in [6, 6.07) is 8.56. The second-order valence-electron chi connectivity index (χ2n) is 4.56. The average molecular weight is 283 g/mol. The molecule has 1 nitrogen and oxygen atoms in total. The van der Waals surface area contributed by atoms with Crippen LogP contribution < -0.4 is 4.90 Å². The van der Waals surface area contributed by atoms with Crippen molar-refractivity contribution in [3.8, 4) is 0 Å². The lowest BCUT2D eigenvalue weighted by molar-refractivity contribution is 1.07. The van der Waals surface area contributed by atoms with E-state index < -0.39 is 0 Å². The van der Waals surface area contributed by atoms with Gasteiger partial charge in [0.05, 0.1) is 11.4 Å². The number of thioether (sulfide) groups is 1. The highest BCUT2D eigenvalue weighted by Gasteiger charge is 2.21. The molecule has 0 unspecified atom stereocenters. The lowest BCUT2D eigenvalue weighted by Crippen LogP contribution is -2.21. The van der Waals surface area contributed by atoms with E-state index in [4.69, 9.17) is 0 Å². The molecule has 0 N–H and O–H groups in total. The lowest BCUT2D eigenvalue weighted by Gasteiger charge is -2.31. The van der Waals surface area contributed by atoms with Gasteiger partial charge in [0.1, 0.15) is 0 Å². The van der Waals surface area contributed by atoms with Gasteiger partial charge in [0.15, 0.2) is 0 Å². The number of allylic oxidation sites excluding steroid dienone is 6. The van der Waals surface area contributed by atoms with Gasteiger partial charge in [0, 0.05) is 16.8 Å². The van der Waals surface area contributed by atoms with Crippen LogP contribution in [0.2, 0.25) is 0 Å². The number of rotatable bonds is 3. The maximum atomic E-state index is 2.30. The van der Waals surface area contributed by atoms with Crippen LogP contribution in [-0.4, -0.2) is 7.05 Å². The highest BCUT2D eigenvalue weighted by Crippen LogP contribution is 2.45. The predicted octanol–water partition coefficient (Wildman–Crippen LogP) is 5.54. The van der Waals surface area contributed by atoms with Crippen LogP contribution in [0.25, 0.3) is 0 Å². The summed E-state index contributed by atoms with van der Waals surface area (Å²) in [6.07, 6.45) is 13.8. The molecule has 1 aromatic rings. The summed E-state index contributed by atoms with van der Waals surface area (Å²) in [4.78, 5) is 4.93. The molecular formula is C18H21NS. The van der Waals surface area contributed by atoms with Crippen LogP contribution in [0.15, 0.2) is 76.2 Å². The Bertz CT molecular complexity index is 579. The van der Waals surface area contributed by atoms with Crippen LogP contribution in [0.4, 0.5) is 5.69 Å². The fourth-order valence-corrected chi connectivity index (χ4v) is 3.44. The first kappa shape index (κ1) is 14.7. The van der Waals surface area contributed by atoms with Gasteiger partial charge in [-0.05, 0) is 32.4 Å². The molecule has 20 heavy (non-hydrogen) atoms. The van der Waals surface area contributed by atoms with Crippen molar-refractivity contribution >= 4 is 17.4 Å². The summed E-state index contributed by atoms with van der Waals surface area (Å²) in [5, 5.41) is 0. The number of anilines is 1. The summed E-state index contributed by atoms with van der Waals surface area (Å²) in [7, 11) is 2.14. The lowest BCUT2D eigenvalue weighted by atomic mass is 10.2. The Morgan fingerprint density at radius 1 is 1.15 bits per heavy atom. The quantitative estimate of drug-likeness (QED) is 0.670. The third-order valence-corrected chi connectivity index (χ3v) is 4.37. The van der Waals surface area contributed by atoms with Crippen molar-refractivity contribution < 1.29 is 0 Å². The maximum absolute atomic E-state index is 2.30. The molecule has 1 aliphatic rings. The Labute approximate surface area is 126 Å². The van der Waals surface area contributed by atoms with Gasteiger partial charge in [-0.2, -0.15) is 0 Å². The van der Waals surface area contributed by atoms with Crippen molar-refractivity contribution in [1.82, 2.24) is 0 Å². The van der Waals surface area contributed by atoms with Crippen LogP contribution in [0.5, 0.6) is 0 Å². The van der Waals surface area contributed by atoms with E-state index in [2.05, 4.69) is 73.5 Å². The molecule has 0 saturated heterocycles. The van der Waals surface area contributed by atoms with Crippen LogP contribution >= 0.6 is 11.8 Å². The molecule has 0 atom stereocenters. The first-order valence-corrected chi connectivity index (χ1v) is 7.75. The van der Waals surface area contributed by atoms with Gasteiger partial charge < -0.3 is 4.90 Å². The number of hydrogen-bond acceptors (Lipinski definition) is 2. The Hall–Kier alpha value is -1.67. The number of hydrogen-bond donors (Lipinski definition) is 0. The average Bonchev–Trinajstić information content (AvgIpc) is 2.47. The van der Waals surface area contributed by atoms with Crippen molar-refractivity contribution in [3.63, 3.8) is 0 Å². The minimum atomic E-state index is 0.958. The second kappa shape index (κ2) is 7.20. The highest BCUT2D eigenvalue weighted by atomic mass is 32.2. The van der Waals surface area contributed by atoms with E-state index in [0.717, 1.165) is 6.42 Å². The zero-order valence-corrected chi connectivity index (χ0v) is 13.2. The van der Waals surface area contributed by atoms with Crippen LogP contribution in [0, 0.1) is 0 Å². The third-order valence-electron chi connectivity index (χ3n) is 3.21. The fourth-order valence-electron chi connectivity index (χ4n) is 2.21. The smallest absolute Gasteiger partial charge is 0.0550 e. The van der Waals surface area contributed by atoms with E-state index in [1.54, 1.807) is 0 Å². The van der Waals surface area contributed by atoms with Gasteiger partial charge in [0.25, 0.3) is 0 Å². The first-order valence-electron chi connectivity index (χ1n) is 6.93. The van der Waals surface area contributed by atoms with E-state index in [1.807, 2.05) is 24.8 Å². The number of fused-ring (bicyclic) bond motifs is 1. The van der Waals surface area contributed by atoms with E-state index in [-0.39, 0.29) is 0 Å². The molecule has 1 heterocycles. The van der Waals surface area contributed by atoms with Crippen molar-refractivity contribution in [2.75, 3.05) is 11.9 Å². The summed E-state index contributed by atoms with van der Waals surface area (Å²) in [5.41, 5.74) is 2.57. The normalized spacial score (nSPS) is 19.4.